The monoisotopic (exact) mass is 352 g/mol. The summed E-state index contributed by atoms with van der Waals surface area (Å²) < 4.78 is 5.16. The number of aryl methyl sites for hydroxylation is 1. The molecule has 4 heteroatoms. The third kappa shape index (κ3) is 4.78. The van der Waals surface area contributed by atoms with Gasteiger partial charge in [-0.05, 0) is 56.0 Å². The lowest BCUT2D eigenvalue weighted by Gasteiger charge is -2.33. The normalized spacial score (nSPS) is 14.9. The molecule has 1 aliphatic rings. The molecule has 2 aromatic carbocycles. The maximum absolute atomic E-state index is 12.4. The fraction of sp³-hybridized carbons (Fsp3) is 0.409. The predicted molar refractivity (Wildman–Crippen MR) is 106 cm³/mol. The highest BCUT2D eigenvalue weighted by Crippen LogP contribution is 2.23. The highest BCUT2D eigenvalue weighted by atomic mass is 16.5. The average Bonchev–Trinajstić information content (AvgIpc) is 2.69. The Balaban J connectivity index is 1.41. The molecule has 0 bridgehead atoms. The molecule has 0 unspecified atom stereocenters. The van der Waals surface area contributed by atoms with Crippen LogP contribution in [-0.4, -0.2) is 32.7 Å². The number of hydrogen-bond donors (Lipinski definition) is 1. The van der Waals surface area contributed by atoms with Gasteiger partial charge in [0.1, 0.15) is 5.75 Å². The molecule has 0 spiro atoms. The van der Waals surface area contributed by atoms with E-state index in [0.29, 0.717) is 6.54 Å². The van der Waals surface area contributed by atoms with Crippen molar-refractivity contribution in [1.82, 2.24) is 5.32 Å². The van der Waals surface area contributed by atoms with Crippen molar-refractivity contribution in [2.24, 2.45) is 5.92 Å². The van der Waals surface area contributed by atoms with Crippen LogP contribution in [-0.2, 0) is 11.2 Å². The van der Waals surface area contributed by atoms with Gasteiger partial charge in [-0.3, -0.25) is 4.79 Å². The molecule has 0 aromatic heterocycles. The fourth-order valence-corrected chi connectivity index (χ4v) is 3.42. The number of carbonyl (C=O) groups is 1. The van der Waals surface area contributed by atoms with Gasteiger partial charge >= 0.3 is 0 Å². The lowest BCUT2D eigenvalue weighted by molar-refractivity contribution is -0.125. The second kappa shape index (κ2) is 8.75. The summed E-state index contributed by atoms with van der Waals surface area (Å²) in [5.74, 6) is 1.19. The zero-order chi connectivity index (χ0) is 18.4. The topological polar surface area (TPSA) is 41.6 Å². The van der Waals surface area contributed by atoms with Gasteiger partial charge in [0.25, 0.3) is 0 Å². The third-order valence-electron chi connectivity index (χ3n) is 5.14. The van der Waals surface area contributed by atoms with Gasteiger partial charge < -0.3 is 15.0 Å². The SMILES string of the molecule is COc1ccc(CCNC(=O)C2CCN(c3ccc(C)cc3)CC2)cc1. The number of nitrogens with zero attached hydrogens (tertiary/aromatic N) is 1. The van der Waals surface area contributed by atoms with Crippen molar-refractivity contribution in [3.63, 3.8) is 0 Å². The van der Waals surface area contributed by atoms with Crippen molar-refractivity contribution in [1.29, 1.82) is 0 Å². The van der Waals surface area contributed by atoms with Crippen molar-refractivity contribution in [2.75, 3.05) is 31.6 Å². The number of carbonyl (C=O) groups excluding carboxylic acids is 1. The minimum Gasteiger partial charge on any atom is -0.497 e. The Morgan fingerprint density at radius 1 is 1.08 bits per heavy atom. The van der Waals surface area contributed by atoms with Crippen molar-refractivity contribution in [3.8, 4) is 5.75 Å². The lowest BCUT2D eigenvalue weighted by Crippen LogP contribution is -2.41. The van der Waals surface area contributed by atoms with E-state index in [1.54, 1.807) is 7.11 Å². The smallest absolute Gasteiger partial charge is 0.223 e. The highest BCUT2D eigenvalue weighted by molar-refractivity contribution is 5.79. The Bertz CT molecular complexity index is 702. The van der Waals surface area contributed by atoms with Gasteiger partial charge in [0.05, 0.1) is 7.11 Å². The molecule has 0 aliphatic carbocycles. The molecule has 0 atom stereocenters. The van der Waals surface area contributed by atoms with E-state index >= 15 is 0 Å². The second-order valence-electron chi connectivity index (χ2n) is 6.99. The van der Waals surface area contributed by atoms with Crippen LogP contribution in [0.25, 0.3) is 0 Å². The second-order valence-corrected chi connectivity index (χ2v) is 6.99. The van der Waals surface area contributed by atoms with E-state index in [-0.39, 0.29) is 11.8 Å². The predicted octanol–water partition coefficient (Wildman–Crippen LogP) is 3.58. The molecule has 1 amide bonds. The van der Waals surface area contributed by atoms with Gasteiger partial charge in [-0.25, -0.2) is 0 Å². The van der Waals surface area contributed by atoms with E-state index in [0.717, 1.165) is 38.1 Å². The van der Waals surface area contributed by atoms with Gasteiger partial charge in [-0.15, -0.1) is 0 Å². The van der Waals surface area contributed by atoms with Crippen molar-refractivity contribution in [3.05, 3.63) is 59.7 Å². The number of benzene rings is 2. The number of nitrogens with one attached hydrogen (secondary N) is 1. The van der Waals surface area contributed by atoms with E-state index in [4.69, 9.17) is 4.74 Å². The summed E-state index contributed by atoms with van der Waals surface area (Å²) in [4.78, 5) is 14.8. The first-order valence-corrected chi connectivity index (χ1v) is 9.38. The summed E-state index contributed by atoms with van der Waals surface area (Å²) in [5.41, 5.74) is 3.74. The first-order valence-electron chi connectivity index (χ1n) is 9.38. The molecule has 138 valence electrons. The number of methoxy groups -OCH3 is 1. The van der Waals surface area contributed by atoms with Gasteiger partial charge in [-0.2, -0.15) is 0 Å². The molecule has 1 heterocycles. The van der Waals surface area contributed by atoms with Gasteiger partial charge in [0.15, 0.2) is 0 Å². The largest absolute Gasteiger partial charge is 0.497 e. The summed E-state index contributed by atoms with van der Waals surface area (Å²) in [6.45, 7) is 4.68. The number of piperidine rings is 1. The Morgan fingerprint density at radius 2 is 1.73 bits per heavy atom. The average molecular weight is 352 g/mol. The third-order valence-corrected chi connectivity index (χ3v) is 5.14. The van der Waals surface area contributed by atoms with Crippen LogP contribution < -0.4 is 15.0 Å². The van der Waals surface area contributed by atoms with Crippen LogP contribution in [0.4, 0.5) is 5.69 Å². The molecule has 1 saturated heterocycles. The molecule has 4 nitrogen and oxygen atoms in total. The van der Waals surface area contributed by atoms with Crippen LogP contribution in [0.5, 0.6) is 5.75 Å². The number of anilines is 1. The Labute approximate surface area is 156 Å². The Kier molecular flexibility index (Phi) is 6.16. The molecule has 1 fully saturated rings. The van der Waals surface area contributed by atoms with Crippen LogP contribution in [0.2, 0.25) is 0 Å². The van der Waals surface area contributed by atoms with Gasteiger partial charge in [-0.1, -0.05) is 29.8 Å². The molecule has 0 saturated carbocycles. The minimum absolute atomic E-state index is 0.132. The summed E-state index contributed by atoms with van der Waals surface area (Å²) in [5, 5.41) is 3.10. The molecule has 0 radical (unpaired) electrons. The van der Waals surface area contributed by atoms with E-state index in [2.05, 4.69) is 41.4 Å². The fourth-order valence-electron chi connectivity index (χ4n) is 3.42. The van der Waals surface area contributed by atoms with E-state index in [1.165, 1.54) is 16.8 Å². The maximum Gasteiger partial charge on any atom is 0.223 e. The van der Waals surface area contributed by atoms with Crippen LogP contribution in [0, 0.1) is 12.8 Å². The van der Waals surface area contributed by atoms with Crippen LogP contribution in [0.15, 0.2) is 48.5 Å². The molecule has 26 heavy (non-hydrogen) atoms. The van der Waals surface area contributed by atoms with Crippen molar-refractivity contribution >= 4 is 11.6 Å². The van der Waals surface area contributed by atoms with Crippen molar-refractivity contribution in [2.45, 2.75) is 26.2 Å². The quantitative estimate of drug-likeness (QED) is 0.864. The van der Waals surface area contributed by atoms with Gasteiger partial charge in [0.2, 0.25) is 5.91 Å². The van der Waals surface area contributed by atoms with E-state index < -0.39 is 0 Å². The van der Waals surface area contributed by atoms with E-state index in [1.807, 2.05) is 24.3 Å². The Morgan fingerprint density at radius 3 is 2.35 bits per heavy atom. The molecular weight excluding hydrogens is 324 g/mol. The number of amides is 1. The maximum atomic E-state index is 12.4. The highest BCUT2D eigenvalue weighted by Gasteiger charge is 2.24. The van der Waals surface area contributed by atoms with Crippen LogP contribution in [0.1, 0.15) is 24.0 Å². The van der Waals surface area contributed by atoms with Gasteiger partial charge in [0, 0.05) is 31.2 Å². The number of hydrogen-bond acceptors (Lipinski definition) is 3. The minimum atomic E-state index is 0.132. The van der Waals surface area contributed by atoms with Crippen molar-refractivity contribution < 1.29 is 9.53 Å². The zero-order valence-electron chi connectivity index (χ0n) is 15.7. The Hall–Kier alpha value is -2.49. The summed E-state index contributed by atoms with van der Waals surface area (Å²) in [7, 11) is 1.67. The summed E-state index contributed by atoms with van der Waals surface area (Å²) in [6, 6.07) is 16.6. The molecule has 2 aromatic rings. The summed E-state index contributed by atoms with van der Waals surface area (Å²) >= 11 is 0. The van der Waals surface area contributed by atoms with Crippen LogP contribution >= 0.6 is 0 Å². The lowest BCUT2D eigenvalue weighted by atomic mass is 9.95. The molecule has 1 aliphatic heterocycles. The molecule has 1 N–H and O–H groups in total. The number of rotatable bonds is 6. The van der Waals surface area contributed by atoms with Crippen LogP contribution in [0.3, 0.4) is 0 Å². The van der Waals surface area contributed by atoms with E-state index in [9.17, 15) is 4.79 Å². The molecule has 3 rings (SSSR count). The summed E-state index contributed by atoms with van der Waals surface area (Å²) in [6.07, 6.45) is 2.68. The zero-order valence-corrected chi connectivity index (χ0v) is 15.7. The number of ether oxygens (including phenoxy) is 1. The molecular formula is C22H28N2O2. The first kappa shape index (κ1) is 18.3. The standard InChI is InChI=1S/C22H28N2O2/c1-17-3-7-20(8-4-17)24-15-12-19(13-16-24)22(25)23-14-11-18-5-9-21(26-2)10-6-18/h3-10,19H,11-16H2,1-2H3,(H,23,25). The first-order chi connectivity index (χ1) is 12.7.